The van der Waals surface area contributed by atoms with Gasteiger partial charge in [0.1, 0.15) is 11.6 Å². The van der Waals surface area contributed by atoms with Crippen molar-refractivity contribution in [3.63, 3.8) is 0 Å². The number of aromatic amines is 1. The van der Waals surface area contributed by atoms with Gasteiger partial charge in [0.15, 0.2) is 17.3 Å². The van der Waals surface area contributed by atoms with Crippen molar-refractivity contribution in [3.8, 4) is 22.9 Å². The molecule has 1 atom stereocenters. The average molecular weight is 342 g/mol. The summed E-state index contributed by atoms with van der Waals surface area (Å²) in [4.78, 5) is 4.33. The van der Waals surface area contributed by atoms with Gasteiger partial charge in [-0.2, -0.15) is 5.10 Å². The Morgan fingerprint density at radius 3 is 2.72 bits per heavy atom. The zero-order valence-electron chi connectivity index (χ0n) is 14.0. The van der Waals surface area contributed by atoms with E-state index >= 15 is 0 Å². The van der Waals surface area contributed by atoms with E-state index in [0.29, 0.717) is 29.5 Å². The molecule has 7 heteroatoms. The maximum atomic E-state index is 13.9. The summed E-state index contributed by atoms with van der Waals surface area (Å²) in [5, 5.41) is 6.86. The van der Waals surface area contributed by atoms with Gasteiger partial charge in [-0.15, -0.1) is 0 Å². The second-order valence-electron chi connectivity index (χ2n) is 5.35. The Morgan fingerprint density at radius 2 is 2.00 bits per heavy atom. The summed E-state index contributed by atoms with van der Waals surface area (Å²) in [6.45, 7) is 2.40. The zero-order chi connectivity index (χ0) is 17.8. The predicted molar refractivity (Wildman–Crippen MR) is 92.0 cm³/mol. The minimum atomic E-state index is -0.557. The molecule has 0 aliphatic carbocycles. The van der Waals surface area contributed by atoms with Crippen LogP contribution in [0.3, 0.4) is 0 Å². The summed E-state index contributed by atoms with van der Waals surface area (Å²) in [5.41, 5.74) is 7.38. The van der Waals surface area contributed by atoms with Crippen LogP contribution in [0.25, 0.3) is 11.4 Å². The first-order chi connectivity index (χ1) is 12.1. The Bertz CT molecular complexity index is 866. The van der Waals surface area contributed by atoms with Gasteiger partial charge >= 0.3 is 0 Å². The van der Waals surface area contributed by atoms with Crippen molar-refractivity contribution in [1.29, 1.82) is 0 Å². The lowest BCUT2D eigenvalue weighted by Crippen LogP contribution is -2.14. The molecule has 3 N–H and O–H groups in total. The minimum absolute atomic E-state index is 0.266. The molecule has 3 aromatic rings. The third-order valence-corrected chi connectivity index (χ3v) is 3.76. The van der Waals surface area contributed by atoms with Crippen LogP contribution in [0, 0.1) is 5.82 Å². The molecule has 1 aromatic heterocycles. The number of hydrogen-bond acceptors (Lipinski definition) is 5. The quantitative estimate of drug-likeness (QED) is 0.719. The maximum absolute atomic E-state index is 13.9. The highest BCUT2D eigenvalue weighted by molar-refractivity contribution is 5.55. The van der Waals surface area contributed by atoms with Crippen molar-refractivity contribution in [2.75, 3.05) is 13.7 Å². The van der Waals surface area contributed by atoms with Crippen molar-refractivity contribution < 1.29 is 13.9 Å². The normalized spacial score (nSPS) is 12.0. The van der Waals surface area contributed by atoms with Crippen LogP contribution in [0.5, 0.6) is 11.5 Å². The Labute approximate surface area is 144 Å². The summed E-state index contributed by atoms with van der Waals surface area (Å²) in [7, 11) is 1.58. The molecule has 0 saturated carbocycles. The monoisotopic (exact) mass is 342 g/mol. The van der Waals surface area contributed by atoms with Gasteiger partial charge < -0.3 is 15.2 Å². The highest BCUT2D eigenvalue weighted by atomic mass is 19.1. The van der Waals surface area contributed by atoms with E-state index in [-0.39, 0.29) is 11.6 Å². The van der Waals surface area contributed by atoms with Gasteiger partial charge in [-0.25, -0.2) is 9.37 Å². The van der Waals surface area contributed by atoms with Crippen LogP contribution >= 0.6 is 0 Å². The summed E-state index contributed by atoms with van der Waals surface area (Å²) in [5.74, 6) is 1.55. The summed E-state index contributed by atoms with van der Waals surface area (Å²) in [6.07, 6.45) is 0. The number of benzene rings is 2. The Hall–Kier alpha value is -2.93. The number of nitrogens with one attached hydrogen (secondary N) is 1. The number of rotatable bonds is 6. The number of nitrogens with two attached hydrogens (primary N) is 1. The fourth-order valence-electron chi connectivity index (χ4n) is 2.49. The molecule has 0 fully saturated rings. The van der Waals surface area contributed by atoms with Gasteiger partial charge in [0, 0.05) is 0 Å². The van der Waals surface area contributed by atoms with Gasteiger partial charge in [0.2, 0.25) is 0 Å². The topological polar surface area (TPSA) is 86.0 Å². The first-order valence-electron chi connectivity index (χ1n) is 7.87. The lowest BCUT2D eigenvalue weighted by atomic mass is 10.1. The van der Waals surface area contributed by atoms with Crippen molar-refractivity contribution in [2.45, 2.75) is 13.0 Å². The molecule has 25 heavy (non-hydrogen) atoms. The highest BCUT2D eigenvalue weighted by Crippen LogP contribution is 2.31. The van der Waals surface area contributed by atoms with Crippen LogP contribution in [-0.2, 0) is 0 Å². The van der Waals surface area contributed by atoms with Gasteiger partial charge in [-0.3, -0.25) is 5.10 Å². The van der Waals surface area contributed by atoms with E-state index in [1.807, 2.05) is 13.0 Å². The van der Waals surface area contributed by atoms with Crippen LogP contribution in [0.4, 0.5) is 4.39 Å². The van der Waals surface area contributed by atoms with Crippen LogP contribution in [0.1, 0.15) is 24.4 Å². The molecule has 1 heterocycles. The van der Waals surface area contributed by atoms with Crippen LogP contribution in [-0.4, -0.2) is 28.9 Å². The van der Waals surface area contributed by atoms with Gasteiger partial charge in [0.05, 0.1) is 25.3 Å². The van der Waals surface area contributed by atoms with Crippen LogP contribution < -0.4 is 15.2 Å². The number of aromatic nitrogens is 3. The molecule has 0 spiro atoms. The van der Waals surface area contributed by atoms with E-state index < -0.39 is 6.04 Å². The second kappa shape index (κ2) is 7.31. The van der Waals surface area contributed by atoms with E-state index in [2.05, 4.69) is 15.2 Å². The van der Waals surface area contributed by atoms with E-state index in [1.54, 1.807) is 37.4 Å². The molecule has 130 valence electrons. The highest BCUT2D eigenvalue weighted by Gasteiger charge is 2.18. The van der Waals surface area contributed by atoms with Crippen LogP contribution in [0.15, 0.2) is 42.5 Å². The molecule has 3 rings (SSSR count). The summed E-state index contributed by atoms with van der Waals surface area (Å²) >= 11 is 0. The first kappa shape index (κ1) is 16.9. The molecule has 6 nitrogen and oxygen atoms in total. The molecule has 0 aliphatic heterocycles. The van der Waals surface area contributed by atoms with E-state index in [4.69, 9.17) is 15.2 Å². The Balaban J connectivity index is 1.90. The summed E-state index contributed by atoms with van der Waals surface area (Å²) < 4.78 is 24.7. The van der Waals surface area contributed by atoms with E-state index in [0.717, 1.165) is 5.56 Å². The molecule has 0 unspecified atom stereocenters. The minimum Gasteiger partial charge on any atom is -0.493 e. The molecule has 0 amide bonds. The number of hydrogen-bond donors (Lipinski definition) is 2. The predicted octanol–water partition coefficient (Wildman–Crippen LogP) is 3.07. The zero-order valence-corrected chi connectivity index (χ0v) is 14.0. The number of ether oxygens (including phenoxy) is 2. The third-order valence-electron chi connectivity index (χ3n) is 3.76. The standard InChI is InChI=1S/C18H19FN4O2/c1-3-25-15-10-11(8-9-14(15)24-2)16(20)18-21-17(22-23-18)12-6-4-5-7-13(12)19/h4-10,16H,3,20H2,1-2H3,(H,21,22,23)/t16-/m0/s1. The molecule has 0 saturated heterocycles. The molecule has 0 bridgehead atoms. The smallest absolute Gasteiger partial charge is 0.184 e. The van der Waals surface area contributed by atoms with Gasteiger partial charge in [-0.1, -0.05) is 18.2 Å². The SMILES string of the molecule is CCOc1cc([C@H](N)c2nc(-c3ccccc3F)n[nH]2)ccc1OC. The average Bonchev–Trinajstić information content (AvgIpc) is 3.11. The largest absolute Gasteiger partial charge is 0.493 e. The number of methoxy groups -OCH3 is 1. The van der Waals surface area contributed by atoms with Crippen molar-refractivity contribution in [3.05, 3.63) is 59.7 Å². The van der Waals surface area contributed by atoms with Crippen LogP contribution in [0.2, 0.25) is 0 Å². The molecule has 0 aliphatic rings. The van der Waals surface area contributed by atoms with E-state index in [1.165, 1.54) is 6.07 Å². The van der Waals surface area contributed by atoms with Crippen molar-refractivity contribution in [2.24, 2.45) is 5.73 Å². The lowest BCUT2D eigenvalue weighted by Gasteiger charge is -2.14. The molecule has 0 radical (unpaired) electrons. The lowest BCUT2D eigenvalue weighted by molar-refractivity contribution is 0.310. The fraction of sp³-hybridized carbons (Fsp3) is 0.222. The Morgan fingerprint density at radius 1 is 1.20 bits per heavy atom. The summed E-state index contributed by atoms with van der Waals surface area (Å²) in [6, 6.07) is 11.2. The fourth-order valence-corrected chi connectivity index (χ4v) is 2.49. The Kier molecular flexibility index (Phi) is 4.95. The number of H-pyrrole nitrogens is 1. The van der Waals surface area contributed by atoms with Crippen molar-refractivity contribution >= 4 is 0 Å². The van der Waals surface area contributed by atoms with Gasteiger partial charge in [-0.05, 0) is 36.8 Å². The molecule has 2 aromatic carbocycles. The molecular weight excluding hydrogens is 323 g/mol. The number of halogens is 1. The van der Waals surface area contributed by atoms with Gasteiger partial charge in [0.25, 0.3) is 0 Å². The number of nitrogens with zero attached hydrogens (tertiary/aromatic N) is 2. The first-order valence-corrected chi connectivity index (χ1v) is 7.87. The van der Waals surface area contributed by atoms with Crippen molar-refractivity contribution in [1.82, 2.24) is 15.2 Å². The van der Waals surface area contributed by atoms with E-state index in [9.17, 15) is 4.39 Å². The maximum Gasteiger partial charge on any atom is 0.184 e. The second-order valence-corrected chi connectivity index (χ2v) is 5.35. The third kappa shape index (κ3) is 3.46. The molecular formula is C18H19FN4O2.